The lowest BCUT2D eigenvalue weighted by atomic mass is 9.42. The van der Waals surface area contributed by atoms with Crippen LogP contribution in [-0.4, -0.2) is 123 Å². The van der Waals surface area contributed by atoms with Crippen molar-refractivity contribution in [2.75, 3.05) is 46.5 Å². The summed E-state index contributed by atoms with van der Waals surface area (Å²) in [7, 11) is 6.41. The summed E-state index contributed by atoms with van der Waals surface area (Å²) in [6.45, 7) is 0.0497. The average Bonchev–Trinajstić information content (AvgIpc) is 3.66. The van der Waals surface area contributed by atoms with E-state index >= 15 is 0 Å². The van der Waals surface area contributed by atoms with Gasteiger partial charge in [0.2, 0.25) is 18.2 Å². The predicted octanol–water partition coefficient (Wildman–Crippen LogP) is 0.926. The predicted molar refractivity (Wildman–Crippen MR) is 165 cm³/mol. The maximum Gasteiger partial charge on any atom is 0.340 e. The number of imide groups is 1. The van der Waals surface area contributed by atoms with Gasteiger partial charge in [-0.3, -0.25) is 14.4 Å². The van der Waals surface area contributed by atoms with Crippen LogP contribution in [0.4, 0.5) is 5.69 Å². The molecule has 2 N–H and O–H groups in total. The molecule has 13 unspecified atom stereocenters. The van der Waals surface area contributed by atoms with Gasteiger partial charge < -0.3 is 38.8 Å². The van der Waals surface area contributed by atoms with Crippen LogP contribution >= 0.6 is 0 Å². The Morgan fingerprint density at radius 1 is 1.02 bits per heavy atom. The van der Waals surface area contributed by atoms with Crippen molar-refractivity contribution in [1.29, 1.82) is 0 Å². The summed E-state index contributed by atoms with van der Waals surface area (Å²) in [6, 6.07) is 5.55. The third-order valence-electron chi connectivity index (χ3n) is 13.9. The third-order valence-corrected chi connectivity index (χ3v) is 13.9. The highest BCUT2D eigenvalue weighted by Gasteiger charge is 2.92. The van der Waals surface area contributed by atoms with E-state index in [4.69, 9.17) is 23.7 Å². The van der Waals surface area contributed by atoms with Crippen LogP contribution in [0.25, 0.3) is 0 Å². The van der Waals surface area contributed by atoms with Gasteiger partial charge in [-0.05, 0) is 37.3 Å². The molecule has 2 heterocycles. The number of hydrogen-bond acceptors (Lipinski definition) is 11. The Bertz CT molecular complexity index is 1540. The Hall–Kier alpha value is -2.94. The van der Waals surface area contributed by atoms with Crippen molar-refractivity contribution in [3.63, 3.8) is 0 Å². The van der Waals surface area contributed by atoms with Crippen molar-refractivity contribution in [2.24, 2.45) is 34.5 Å². The lowest BCUT2D eigenvalue weighted by molar-refractivity contribution is -0.315. The van der Waals surface area contributed by atoms with Gasteiger partial charge in [-0.15, -0.1) is 0 Å². The molecule has 0 aromatic heterocycles. The Morgan fingerprint density at radius 3 is 2.40 bits per heavy atom. The zero-order valence-corrected chi connectivity index (χ0v) is 27.7. The molecule has 7 aliphatic rings. The minimum absolute atomic E-state index is 0.0434. The van der Waals surface area contributed by atoms with E-state index in [-0.39, 0.29) is 73.4 Å². The number of aliphatic hydroxyl groups is 2. The molecule has 13 heteroatoms. The second-order valence-electron chi connectivity index (χ2n) is 15.1. The standard InChI is InChI=1S/C35H44N2O11/c1-44-22-14-33(42)26-20(13-19(22)27(26)46-3)34-23(45-2)11-12-32(15-36(17-38)31(34)35(33,43)29(47-4)28(32)34)16-48-30(41)18-7-5-6-8-21(18)37-24(39)9-10-25(37)40/h5-8,17,19-20,22-23,26-29,31,42-43H,9-16H2,1-4H3. The number of likely N-dealkylation sites (tertiary alicyclic amines) is 1. The fourth-order valence-electron chi connectivity index (χ4n) is 12.7. The van der Waals surface area contributed by atoms with E-state index in [1.54, 1.807) is 44.4 Å². The van der Waals surface area contributed by atoms with E-state index < -0.39 is 64.2 Å². The van der Waals surface area contributed by atoms with Crippen LogP contribution in [0, 0.1) is 34.5 Å². The monoisotopic (exact) mass is 668 g/mol. The maximum absolute atomic E-state index is 13.9. The topological polar surface area (TPSA) is 161 Å². The molecule has 1 aromatic carbocycles. The van der Waals surface area contributed by atoms with Gasteiger partial charge in [0, 0.05) is 82.8 Å². The highest BCUT2D eigenvalue weighted by Crippen LogP contribution is 2.80. The zero-order valence-electron chi connectivity index (χ0n) is 27.7. The first kappa shape index (κ1) is 32.3. The van der Waals surface area contributed by atoms with Crippen LogP contribution in [0.2, 0.25) is 0 Å². The minimum atomic E-state index is -1.92. The molecule has 7 fully saturated rings. The van der Waals surface area contributed by atoms with Crippen molar-refractivity contribution < 1.29 is 53.1 Å². The second-order valence-corrected chi connectivity index (χ2v) is 15.1. The Kier molecular flexibility index (Phi) is 7.25. The normalized spacial score (nSPS) is 46.7. The quantitative estimate of drug-likeness (QED) is 0.219. The molecule has 5 aliphatic carbocycles. The molecule has 5 saturated carbocycles. The Balaban J connectivity index is 1.24. The first-order valence-corrected chi connectivity index (χ1v) is 16.9. The van der Waals surface area contributed by atoms with Gasteiger partial charge in [0.25, 0.3) is 0 Å². The molecule has 1 spiro atoms. The number of amides is 3. The van der Waals surface area contributed by atoms with Crippen LogP contribution in [0.5, 0.6) is 0 Å². The molecule has 13 nitrogen and oxygen atoms in total. The lowest BCUT2D eigenvalue weighted by Gasteiger charge is -2.69. The number of methoxy groups -OCH3 is 4. The summed E-state index contributed by atoms with van der Waals surface area (Å²) in [5.41, 5.74) is -5.13. The zero-order chi connectivity index (χ0) is 34.0. The van der Waals surface area contributed by atoms with Gasteiger partial charge in [-0.1, -0.05) is 12.1 Å². The number of carbonyl (C=O) groups is 4. The number of hydrogen-bond donors (Lipinski definition) is 2. The third kappa shape index (κ3) is 3.57. The molecule has 0 radical (unpaired) electrons. The molecule has 1 aromatic rings. The molecule has 8 rings (SSSR count). The molecule has 3 amide bonds. The van der Waals surface area contributed by atoms with E-state index in [1.165, 1.54) is 13.2 Å². The number of carbonyl (C=O) groups excluding carboxylic acids is 4. The lowest BCUT2D eigenvalue weighted by Crippen LogP contribution is -2.82. The van der Waals surface area contributed by atoms with Crippen LogP contribution in [-0.2, 0) is 38.1 Å². The number of piperidine rings is 1. The number of rotatable bonds is 9. The molecular weight excluding hydrogens is 624 g/mol. The average molecular weight is 669 g/mol. The van der Waals surface area contributed by atoms with Gasteiger partial charge in [-0.2, -0.15) is 0 Å². The number of anilines is 1. The molecule has 260 valence electrons. The number of esters is 1. The van der Waals surface area contributed by atoms with Crippen molar-refractivity contribution in [3.05, 3.63) is 29.8 Å². The largest absolute Gasteiger partial charge is 0.461 e. The van der Waals surface area contributed by atoms with Gasteiger partial charge in [-0.25, -0.2) is 9.69 Å². The SMILES string of the molecule is COC1CC2(O)C3C(OC)C1CC3C13C(OC)CCC4(COC(=O)c5ccccc5N5C(=O)CCC5=O)CN(C=O)C1C2(O)C(OC)C43. The van der Waals surface area contributed by atoms with Crippen LogP contribution in [0.15, 0.2) is 24.3 Å². The molecule has 2 saturated heterocycles. The summed E-state index contributed by atoms with van der Waals surface area (Å²) in [4.78, 5) is 54.9. The van der Waals surface area contributed by atoms with E-state index in [0.717, 1.165) is 11.3 Å². The number of fused-ring (bicyclic) bond motifs is 2. The second kappa shape index (κ2) is 10.8. The van der Waals surface area contributed by atoms with Gasteiger partial charge >= 0.3 is 5.97 Å². The van der Waals surface area contributed by atoms with Crippen molar-refractivity contribution in [2.45, 2.75) is 80.2 Å². The molecular formula is C35H44N2O11. The Labute approximate surface area is 278 Å². The van der Waals surface area contributed by atoms with Gasteiger partial charge in [0.1, 0.15) is 11.2 Å². The maximum atomic E-state index is 13.9. The first-order chi connectivity index (χ1) is 23.0. The summed E-state index contributed by atoms with van der Waals surface area (Å²) < 4.78 is 30.8. The number of nitrogens with zero attached hydrogens (tertiary/aromatic N) is 2. The number of ether oxygens (including phenoxy) is 5. The molecule has 48 heavy (non-hydrogen) atoms. The summed E-state index contributed by atoms with van der Waals surface area (Å²) in [5, 5.41) is 26.3. The van der Waals surface area contributed by atoms with E-state index in [2.05, 4.69) is 0 Å². The number of benzene rings is 1. The van der Waals surface area contributed by atoms with E-state index in [9.17, 15) is 29.4 Å². The fraction of sp³-hybridized carbons (Fsp3) is 0.714. The fourth-order valence-corrected chi connectivity index (χ4v) is 12.7. The highest BCUT2D eigenvalue weighted by molar-refractivity contribution is 6.21. The highest BCUT2D eigenvalue weighted by atomic mass is 16.5. The smallest absolute Gasteiger partial charge is 0.340 e. The van der Waals surface area contributed by atoms with Crippen LogP contribution in [0.1, 0.15) is 48.9 Å². The van der Waals surface area contributed by atoms with Crippen molar-refractivity contribution in [3.8, 4) is 0 Å². The van der Waals surface area contributed by atoms with Crippen LogP contribution in [0.3, 0.4) is 0 Å². The van der Waals surface area contributed by atoms with E-state index in [1.807, 2.05) is 0 Å². The summed E-state index contributed by atoms with van der Waals surface area (Å²) in [6.07, 6.45) is 0.620. The summed E-state index contributed by atoms with van der Waals surface area (Å²) >= 11 is 0. The minimum Gasteiger partial charge on any atom is -0.461 e. The van der Waals surface area contributed by atoms with Gasteiger partial charge in [0.15, 0.2) is 0 Å². The van der Waals surface area contributed by atoms with Gasteiger partial charge in [0.05, 0.1) is 48.3 Å². The van der Waals surface area contributed by atoms with Crippen LogP contribution < -0.4 is 4.90 Å². The summed E-state index contributed by atoms with van der Waals surface area (Å²) in [5.74, 6) is -2.69. The number of para-hydroxylation sites is 1. The molecule has 2 aliphatic heterocycles. The Morgan fingerprint density at radius 2 is 1.75 bits per heavy atom. The molecule has 7 bridgehead atoms. The molecule has 13 atom stereocenters. The van der Waals surface area contributed by atoms with Crippen molar-refractivity contribution in [1.82, 2.24) is 4.90 Å². The first-order valence-electron chi connectivity index (χ1n) is 16.9. The van der Waals surface area contributed by atoms with E-state index in [0.29, 0.717) is 19.3 Å². The van der Waals surface area contributed by atoms with Crippen molar-refractivity contribution >= 4 is 29.9 Å².